The number of amides is 2. The van der Waals surface area contributed by atoms with Crippen molar-refractivity contribution in [1.82, 2.24) is 4.90 Å². The molecule has 1 fully saturated rings. The number of anilines is 1. The molecule has 0 saturated carbocycles. The van der Waals surface area contributed by atoms with E-state index in [1.807, 2.05) is 20.8 Å². The van der Waals surface area contributed by atoms with Gasteiger partial charge in [0.15, 0.2) is 0 Å². The molecule has 5 heteroatoms. The summed E-state index contributed by atoms with van der Waals surface area (Å²) in [5.41, 5.74) is 0.452. The highest BCUT2D eigenvalue weighted by atomic mass is 16.3. The summed E-state index contributed by atoms with van der Waals surface area (Å²) in [5, 5.41) is 12.4. The largest absolute Gasteiger partial charge is 0.391 e. The SMILES string of the molecule is CC(C)(C)C(=O)Nc1ccccc1C(=O)N1CC[C@H](O)C1. The molecule has 0 aromatic heterocycles. The Labute approximate surface area is 125 Å². The molecule has 114 valence electrons. The van der Waals surface area contributed by atoms with E-state index in [9.17, 15) is 14.7 Å². The van der Waals surface area contributed by atoms with Crippen molar-refractivity contribution in [3.05, 3.63) is 29.8 Å². The highest BCUT2D eigenvalue weighted by Gasteiger charge is 2.28. The number of β-amino-alcohol motifs (C(OH)–C–C–N with tert-alkyl or cyclic N) is 1. The third-order valence-electron chi connectivity index (χ3n) is 3.54. The number of nitrogens with one attached hydrogen (secondary N) is 1. The van der Waals surface area contributed by atoms with Gasteiger partial charge in [-0.25, -0.2) is 0 Å². The van der Waals surface area contributed by atoms with Gasteiger partial charge in [-0.15, -0.1) is 0 Å². The fourth-order valence-corrected chi connectivity index (χ4v) is 2.19. The number of carbonyl (C=O) groups is 2. The number of rotatable bonds is 2. The molecule has 21 heavy (non-hydrogen) atoms. The minimum atomic E-state index is -0.528. The Hall–Kier alpha value is -1.88. The molecule has 2 N–H and O–H groups in total. The lowest BCUT2D eigenvalue weighted by Gasteiger charge is -2.21. The van der Waals surface area contributed by atoms with Gasteiger partial charge in [0.2, 0.25) is 5.91 Å². The number of nitrogens with zero attached hydrogens (tertiary/aromatic N) is 1. The zero-order chi connectivity index (χ0) is 15.6. The monoisotopic (exact) mass is 290 g/mol. The Kier molecular flexibility index (Phi) is 4.32. The van der Waals surface area contributed by atoms with Gasteiger partial charge in [0, 0.05) is 18.5 Å². The Balaban J connectivity index is 2.21. The van der Waals surface area contributed by atoms with E-state index in [4.69, 9.17) is 0 Å². The molecule has 1 aliphatic rings. The average molecular weight is 290 g/mol. The van der Waals surface area contributed by atoms with E-state index in [0.29, 0.717) is 30.8 Å². The van der Waals surface area contributed by atoms with E-state index < -0.39 is 11.5 Å². The summed E-state index contributed by atoms with van der Waals surface area (Å²) in [4.78, 5) is 26.2. The fourth-order valence-electron chi connectivity index (χ4n) is 2.19. The number of carbonyl (C=O) groups excluding carboxylic acids is 2. The third kappa shape index (κ3) is 3.61. The van der Waals surface area contributed by atoms with Crippen LogP contribution in [0.15, 0.2) is 24.3 Å². The first-order valence-electron chi connectivity index (χ1n) is 7.17. The minimum Gasteiger partial charge on any atom is -0.391 e. The smallest absolute Gasteiger partial charge is 0.256 e. The normalized spacial score (nSPS) is 18.7. The molecule has 5 nitrogen and oxygen atoms in total. The molecule has 1 atom stereocenters. The highest BCUT2D eigenvalue weighted by Crippen LogP contribution is 2.23. The molecule has 1 aromatic rings. The number of likely N-dealkylation sites (tertiary alicyclic amines) is 1. The molecule has 1 heterocycles. The lowest BCUT2D eigenvalue weighted by atomic mass is 9.95. The lowest BCUT2D eigenvalue weighted by Crippen LogP contribution is -2.32. The van der Waals surface area contributed by atoms with Crippen LogP contribution in [0.5, 0.6) is 0 Å². The summed E-state index contributed by atoms with van der Waals surface area (Å²) in [6.07, 6.45) is 0.146. The Morgan fingerprint density at radius 1 is 1.29 bits per heavy atom. The molecule has 2 amide bonds. The van der Waals surface area contributed by atoms with Gasteiger partial charge in [0.05, 0.1) is 17.4 Å². The topological polar surface area (TPSA) is 69.6 Å². The lowest BCUT2D eigenvalue weighted by molar-refractivity contribution is -0.123. The number of para-hydroxylation sites is 1. The third-order valence-corrected chi connectivity index (χ3v) is 3.54. The maximum Gasteiger partial charge on any atom is 0.256 e. The van der Waals surface area contributed by atoms with Gasteiger partial charge < -0.3 is 15.3 Å². The van der Waals surface area contributed by atoms with Crippen LogP contribution < -0.4 is 5.32 Å². The van der Waals surface area contributed by atoms with Crippen LogP contribution >= 0.6 is 0 Å². The van der Waals surface area contributed by atoms with E-state index in [-0.39, 0.29) is 11.8 Å². The molecule has 0 radical (unpaired) electrons. The Bertz CT molecular complexity index is 549. The second-order valence-electron chi connectivity index (χ2n) is 6.44. The van der Waals surface area contributed by atoms with Gasteiger partial charge >= 0.3 is 0 Å². The van der Waals surface area contributed by atoms with Crippen molar-refractivity contribution in [2.75, 3.05) is 18.4 Å². The maximum atomic E-state index is 12.5. The zero-order valence-electron chi connectivity index (χ0n) is 12.7. The van der Waals surface area contributed by atoms with E-state index in [1.165, 1.54) is 0 Å². The van der Waals surface area contributed by atoms with E-state index >= 15 is 0 Å². The molecule has 2 rings (SSSR count). The van der Waals surface area contributed by atoms with Crippen molar-refractivity contribution < 1.29 is 14.7 Å². The molecule has 1 aromatic carbocycles. The van der Waals surface area contributed by atoms with Crippen LogP contribution in [0.4, 0.5) is 5.69 Å². The van der Waals surface area contributed by atoms with Gasteiger partial charge in [-0.1, -0.05) is 32.9 Å². The van der Waals surface area contributed by atoms with E-state index in [1.54, 1.807) is 29.2 Å². The molecule has 1 saturated heterocycles. The zero-order valence-corrected chi connectivity index (χ0v) is 12.7. The van der Waals surface area contributed by atoms with Crippen LogP contribution in [0.3, 0.4) is 0 Å². The van der Waals surface area contributed by atoms with Gasteiger partial charge in [-0.2, -0.15) is 0 Å². The van der Waals surface area contributed by atoms with Crippen LogP contribution in [0.1, 0.15) is 37.6 Å². The van der Waals surface area contributed by atoms with Crippen LogP contribution in [0, 0.1) is 5.41 Å². The summed E-state index contributed by atoms with van der Waals surface area (Å²) >= 11 is 0. The van der Waals surface area contributed by atoms with Crippen molar-refractivity contribution >= 4 is 17.5 Å². The highest BCUT2D eigenvalue weighted by molar-refractivity contribution is 6.04. The van der Waals surface area contributed by atoms with E-state index in [0.717, 1.165) is 0 Å². The quantitative estimate of drug-likeness (QED) is 0.873. The van der Waals surface area contributed by atoms with Gasteiger partial charge in [-0.05, 0) is 18.6 Å². The number of aliphatic hydroxyl groups excluding tert-OH is 1. The molecule has 0 aliphatic carbocycles. The van der Waals surface area contributed by atoms with Crippen molar-refractivity contribution in [3.63, 3.8) is 0 Å². The summed E-state index contributed by atoms with van der Waals surface area (Å²) in [5.74, 6) is -0.291. The van der Waals surface area contributed by atoms with Gasteiger partial charge in [0.1, 0.15) is 0 Å². The standard InChI is InChI=1S/C16H22N2O3/c1-16(2,3)15(21)17-13-7-5-4-6-12(13)14(20)18-9-8-11(19)10-18/h4-7,11,19H,8-10H2,1-3H3,(H,17,21)/t11-/m0/s1. The van der Waals surface area contributed by atoms with Crippen molar-refractivity contribution in [3.8, 4) is 0 Å². The van der Waals surface area contributed by atoms with Crippen LogP contribution in [-0.4, -0.2) is 41.0 Å². The predicted octanol–water partition coefficient (Wildman–Crippen LogP) is 1.88. The van der Waals surface area contributed by atoms with Crippen LogP contribution in [0.2, 0.25) is 0 Å². The van der Waals surface area contributed by atoms with Crippen LogP contribution in [-0.2, 0) is 4.79 Å². The van der Waals surface area contributed by atoms with Crippen molar-refractivity contribution in [1.29, 1.82) is 0 Å². The van der Waals surface area contributed by atoms with Crippen molar-refractivity contribution in [2.45, 2.75) is 33.3 Å². The Morgan fingerprint density at radius 3 is 2.52 bits per heavy atom. The average Bonchev–Trinajstić information content (AvgIpc) is 2.84. The maximum absolute atomic E-state index is 12.5. The Morgan fingerprint density at radius 2 is 1.95 bits per heavy atom. The summed E-state index contributed by atoms with van der Waals surface area (Å²) < 4.78 is 0. The first-order chi connectivity index (χ1) is 9.79. The first-order valence-corrected chi connectivity index (χ1v) is 7.17. The van der Waals surface area contributed by atoms with Crippen molar-refractivity contribution in [2.24, 2.45) is 5.41 Å². The summed E-state index contributed by atoms with van der Waals surface area (Å²) in [7, 11) is 0. The molecular weight excluding hydrogens is 268 g/mol. The van der Waals surface area contributed by atoms with Gasteiger partial charge in [-0.3, -0.25) is 9.59 Å². The van der Waals surface area contributed by atoms with E-state index in [2.05, 4.69) is 5.32 Å². The predicted molar refractivity (Wildman–Crippen MR) is 81.1 cm³/mol. The number of benzene rings is 1. The summed E-state index contributed by atoms with van der Waals surface area (Å²) in [6.45, 7) is 6.36. The number of hydrogen-bond acceptors (Lipinski definition) is 3. The fraction of sp³-hybridized carbons (Fsp3) is 0.500. The number of hydrogen-bond donors (Lipinski definition) is 2. The molecule has 0 unspecified atom stereocenters. The minimum absolute atomic E-state index is 0.135. The second-order valence-corrected chi connectivity index (χ2v) is 6.44. The van der Waals surface area contributed by atoms with Crippen LogP contribution in [0.25, 0.3) is 0 Å². The first kappa shape index (κ1) is 15.5. The molecule has 1 aliphatic heterocycles. The number of aliphatic hydroxyl groups is 1. The molecule has 0 spiro atoms. The summed E-state index contributed by atoms with van der Waals surface area (Å²) in [6, 6.07) is 6.98. The second kappa shape index (κ2) is 5.85. The van der Waals surface area contributed by atoms with Gasteiger partial charge in [0.25, 0.3) is 5.91 Å². The molecular formula is C16H22N2O3. The molecule has 0 bridgehead atoms.